The average molecular weight is 253 g/mol. The summed E-state index contributed by atoms with van der Waals surface area (Å²) in [6.45, 7) is 3.10. The molecule has 0 aromatic carbocycles. The summed E-state index contributed by atoms with van der Waals surface area (Å²) in [5.74, 6) is 0.791. The largest absolute Gasteiger partial charge is 0.481 e. The summed E-state index contributed by atoms with van der Waals surface area (Å²) in [7, 11) is 1.89. The van der Waals surface area contributed by atoms with Crippen molar-refractivity contribution < 1.29 is 14.7 Å². The summed E-state index contributed by atoms with van der Waals surface area (Å²) in [6.07, 6.45) is 4.02. The number of carboxylic acid groups (broad SMARTS) is 1. The van der Waals surface area contributed by atoms with Gasteiger partial charge in [-0.3, -0.25) is 9.59 Å². The van der Waals surface area contributed by atoms with Gasteiger partial charge in [-0.2, -0.15) is 0 Å². The summed E-state index contributed by atoms with van der Waals surface area (Å²) in [5, 5.41) is 8.93. The monoisotopic (exact) mass is 253 g/mol. The summed E-state index contributed by atoms with van der Waals surface area (Å²) in [4.78, 5) is 24.9. The van der Waals surface area contributed by atoms with E-state index in [1.165, 1.54) is 6.42 Å². The maximum Gasteiger partial charge on any atom is 0.306 e. The van der Waals surface area contributed by atoms with E-state index in [9.17, 15) is 9.59 Å². The minimum Gasteiger partial charge on any atom is -0.481 e. The first-order valence-electron chi connectivity index (χ1n) is 6.96. The number of aliphatic carboxylic acids is 1. The van der Waals surface area contributed by atoms with Crippen molar-refractivity contribution in [3.05, 3.63) is 0 Å². The average Bonchev–Trinajstić information content (AvgIpc) is 3.04. The molecule has 0 aliphatic heterocycles. The molecule has 2 aliphatic rings. The maximum absolute atomic E-state index is 12.2. The molecule has 0 aromatic heterocycles. The Morgan fingerprint density at radius 3 is 2.11 bits per heavy atom. The Morgan fingerprint density at radius 2 is 1.67 bits per heavy atom. The van der Waals surface area contributed by atoms with Crippen LogP contribution < -0.4 is 0 Å². The number of carboxylic acids is 1. The molecular formula is C14H23NO3. The second-order valence-corrected chi connectivity index (χ2v) is 6.08. The Hall–Kier alpha value is -1.06. The summed E-state index contributed by atoms with van der Waals surface area (Å²) in [6, 6.07) is 0. The highest BCUT2D eigenvalue weighted by Gasteiger charge is 2.36. The Bertz CT molecular complexity index is 334. The Kier molecular flexibility index (Phi) is 3.93. The highest BCUT2D eigenvalue weighted by atomic mass is 16.4. The predicted octanol–water partition coefficient (Wildman–Crippen LogP) is 1.99. The van der Waals surface area contributed by atoms with E-state index in [-0.39, 0.29) is 17.7 Å². The smallest absolute Gasteiger partial charge is 0.306 e. The zero-order valence-electron chi connectivity index (χ0n) is 11.3. The molecule has 0 aromatic rings. The van der Waals surface area contributed by atoms with Gasteiger partial charge in [-0.25, -0.2) is 0 Å². The normalized spacial score (nSPS) is 35.0. The lowest BCUT2D eigenvalue weighted by Crippen LogP contribution is -2.37. The van der Waals surface area contributed by atoms with Gasteiger partial charge in [-0.05, 0) is 43.9 Å². The molecule has 1 N–H and O–H groups in total. The molecule has 2 atom stereocenters. The van der Waals surface area contributed by atoms with E-state index >= 15 is 0 Å². The molecular weight excluding hydrogens is 230 g/mol. The van der Waals surface area contributed by atoms with Crippen molar-refractivity contribution in [1.82, 2.24) is 4.90 Å². The van der Waals surface area contributed by atoms with Crippen LogP contribution in [0, 0.1) is 23.7 Å². The number of hydrogen-bond donors (Lipinski definition) is 1. The topological polar surface area (TPSA) is 57.6 Å². The molecule has 4 nitrogen and oxygen atoms in total. The molecule has 0 heterocycles. The van der Waals surface area contributed by atoms with Crippen molar-refractivity contribution in [3.63, 3.8) is 0 Å². The van der Waals surface area contributed by atoms with Crippen molar-refractivity contribution in [2.45, 2.75) is 39.0 Å². The lowest BCUT2D eigenvalue weighted by atomic mass is 9.81. The molecule has 0 radical (unpaired) electrons. The molecule has 18 heavy (non-hydrogen) atoms. The predicted molar refractivity (Wildman–Crippen MR) is 68.0 cm³/mol. The van der Waals surface area contributed by atoms with Crippen LogP contribution in [0.2, 0.25) is 0 Å². The maximum atomic E-state index is 12.2. The van der Waals surface area contributed by atoms with Crippen LogP contribution in [0.15, 0.2) is 0 Å². The number of rotatable bonds is 4. The Labute approximate surface area is 108 Å². The van der Waals surface area contributed by atoms with E-state index in [1.54, 1.807) is 0 Å². The van der Waals surface area contributed by atoms with Gasteiger partial charge in [0.05, 0.1) is 5.92 Å². The minimum atomic E-state index is -0.707. The number of carbonyl (C=O) groups is 2. The molecule has 0 spiro atoms. The van der Waals surface area contributed by atoms with Crippen LogP contribution in [-0.4, -0.2) is 35.5 Å². The molecule has 2 saturated carbocycles. The molecule has 0 saturated heterocycles. The molecule has 1 amide bonds. The summed E-state index contributed by atoms with van der Waals surface area (Å²) in [5.41, 5.74) is 0. The fourth-order valence-corrected chi connectivity index (χ4v) is 2.99. The van der Waals surface area contributed by atoms with Crippen LogP contribution in [0.4, 0.5) is 0 Å². The number of nitrogens with zero attached hydrogens (tertiary/aromatic N) is 1. The molecule has 0 bridgehead atoms. The van der Waals surface area contributed by atoms with Crippen LogP contribution in [0.25, 0.3) is 0 Å². The van der Waals surface area contributed by atoms with Gasteiger partial charge in [-0.15, -0.1) is 0 Å². The van der Waals surface area contributed by atoms with Crippen LogP contribution >= 0.6 is 0 Å². The van der Waals surface area contributed by atoms with Crippen LogP contribution in [-0.2, 0) is 9.59 Å². The number of amides is 1. The number of hydrogen-bond acceptors (Lipinski definition) is 2. The van der Waals surface area contributed by atoms with Gasteiger partial charge in [0.1, 0.15) is 0 Å². The fourth-order valence-electron chi connectivity index (χ4n) is 2.99. The first-order valence-corrected chi connectivity index (χ1v) is 6.96. The van der Waals surface area contributed by atoms with Crippen molar-refractivity contribution in [2.75, 3.05) is 13.6 Å². The second kappa shape index (κ2) is 5.29. The summed E-state index contributed by atoms with van der Waals surface area (Å²) >= 11 is 0. The number of carbonyl (C=O) groups excluding carboxylic acids is 1. The van der Waals surface area contributed by atoms with Gasteiger partial charge in [0, 0.05) is 19.5 Å². The van der Waals surface area contributed by atoms with Gasteiger partial charge in [-0.1, -0.05) is 6.92 Å². The van der Waals surface area contributed by atoms with E-state index in [4.69, 9.17) is 5.11 Å². The lowest BCUT2D eigenvalue weighted by Gasteiger charge is -2.29. The molecule has 2 fully saturated rings. The van der Waals surface area contributed by atoms with E-state index in [1.807, 2.05) is 11.9 Å². The van der Waals surface area contributed by atoms with Crippen LogP contribution in [0.3, 0.4) is 0 Å². The third kappa shape index (κ3) is 3.03. The minimum absolute atomic E-state index is 0.0552. The highest BCUT2D eigenvalue weighted by molar-refractivity contribution is 5.79. The van der Waals surface area contributed by atoms with E-state index in [0.717, 1.165) is 25.3 Å². The van der Waals surface area contributed by atoms with Gasteiger partial charge in [0.15, 0.2) is 0 Å². The first kappa shape index (κ1) is 13.4. The zero-order chi connectivity index (χ0) is 13.3. The van der Waals surface area contributed by atoms with Crippen LogP contribution in [0.5, 0.6) is 0 Å². The van der Waals surface area contributed by atoms with Gasteiger partial charge >= 0.3 is 5.97 Å². The third-order valence-electron chi connectivity index (χ3n) is 4.59. The van der Waals surface area contributed by atoms with Crippen molar-refractivity contribution in [1.29, 1.82) is 0 Å². The summed E-state index contributed by atoms with van der Waals surface area (Å²) < 4.78 is 0. The van der Waals surface area contributed by atoms with Crippen molar-refractivity contribution >= 4 is 11.9 Å². The third-order valence-corrected chi connectivity index (χ3v) is 4.59. The van der Waals surface area contributed by atoms with E-state index in [2.05, 4.69) is 6.92 Å². The van der Waals surface area contributed by atoms with Gasteiger partial charge in [0.2, 0.25) is 5.91 Å². The zero-order valence-corrected chi connectivity index (χ0v) is 11.3. The molecule has 2 aliphatic carbocycles. The Morgan fingerprint density at radius 1 is 1.17 bits per heavy atom. The van der Waals surface area contributed by atoms with Crippen molar-refractivity contribution in [2.24, 2.45) is 23.7 Å². The van der Waals surface area contributed by atoms with Gasteiger partial charge in [0.25, 0.3) is 0 Å². The van der Waals surface area contributed by atoms with Crippen LogP contribution in [0.1, 0.15) is 39.0 Å². The molecule has 102 valence electrons. The standard InChI is InChI=1S/C14H23NO3/c1-9-7-12(9)8-15(2)13(16)10-3-5-11(6-4-10)14(17)18/h9-12H,3-8H2,1-2H3,(H,17,18). The first-order chi connectivity index (χ1) is 8.49. The van der Waals surface area contributed by atoms with E-state index < -0.39 is 5.97 Å². The van der Waals surface area contributed by atoms with Crippen molar-refractivity contribution in [3.8, 4) is 0 Å². The molecule has 2 rings (SSSR count). The second-order valence-electron chi connectivity index (χ2n) is 6.08. The quantitative estimate of drug-likeness (QED) is 0.833. The lowest BCUT2D eigenvalue weighted by molar-refractivity contribution is -0.145. The molecule has 2 unspecified atom stereocenters. The fraction of sp³-hybridized carbons (Fsp3) is 0.857. The highest BCUT2D eigenvalue weighted by Crippen LogP contribution is 2.38. The van der Waals surface area contributed by atoms with E-state index in [0.29, 0.717) is 18.8 Å². The van der Waals surface area contributed by atoms with Gasteiger partial charge < -0.3 is 10.0 Å². The SMILES string of the molecule is CC1CC1CN(C)C(=O)C1CCC(C(=O)O)CC1. The molecule has 4 heteroatoms. The Balaban J connectivity index is 1.78.